The SMILES string of the molecule is COC[C@@]12CO[C@@H]([C@H](n3ccc(=O)[nH]c3=O)O1)[C@H]2NP(=O)(O)OC. The number of nitrogens with one attached hydrogen (secondary N) is 2. The van der Waals surface area contributed by atoms with Gasteiger partial charge in [0.25, 0.3) is 5.56 Å². The van der Waals surface area contributed by atoms with Crippen molar-refractivity contribution >= 4 is 7.75 Å². The number of fused-ring (bicyclic) bond motifs is 2. The van der Waals surface area contributed by atoms with Crippen LogP contribution in [0.15, 0.2) is 21.9 Å². The van der Waals surface area contributed by atoms with Crippen LogP contribution in [0.4, 0.5) is 0 Å². The molecule has 0 aliphatic carbocycles. The van der Waals surface area contributed by atoms with Crippen molar-refractivity contribution in [2.75, 3.05) is 27.4 Å². The highest BCUT2D eigenvalue weighted by atomic mass is 31.2. The summed E-state index contributed by atoms with van der Waals surface area (Å²) in [6, 6.07) is 0.422. The van der Waals surface area contributed by atoms with Crippen LogP contribution in [0.25, 0.3) is 0 Å². The van der Waals surface area contributed by atoms with Crippen molar-refractivity contribution in [1.82, 2.24) is 14.6 Å². The summed E-state index contributed by atoms with van der Waals surface area (Å²) in [5.74, 6) is 0. The first kappa shape index (κ1) is 17.5. The molecule has 3 heterocycles. The van der Waals surface area contributed by atoms with Crippen LogP contribution in [0.2, 0.25) is 0 Å². The van der Waals surface area contributed by atoms with Crippen LogP contribution in [0, 0.1) is 0 Å². The van der Waals surface area contributed by atoms with Gasteiger partial charge in [0.15, 0.2) is 6.23 Å². The molecule has 134 valence electrons. The summed E-state index contributed by atoms with van der Waals surface area (Å²) < 4.78 is 34.4. The average molecular weight is 363 g/mol. The molecule has 12 heteroatoms. The van der Waals surface area contributed by atoms with Crippen molar-refractivity contribution in [2.24, 2.45) is 0 Å². The zero-order valence-electron chi connectivity index (χ0n) is 13.0. The summed E-state index contributed by atoms with van der Waals surface area (Å²) in [6.45, 7) is 0.182. The second kappa shape index (κ2) is 6.19. The van der Waals surface area contributed by atoms with Crippen molar-refractivity contribution in [2.45, 2.75) is 24.0 Å². The molecule has 1 aromatic heterocycles. The molecule has 0 amide bonds. The first-order chi connectivity index (χ1) is 11.3. The van der Waals surface area contributed by atoms with E-state index in [1.165, 1.54) is 19.4 Å². The molecule has 0 saturated carbocycles. The lowest BCUT2D eigenvalue weighted by Gasteiger charge is -2.31. The number of aromatic nitrogens is 2. The Bertz CT molecular complexity index is 778. The van der Waals surface area contributed by atoms with Gasteiger partial charge in [-0.05, 0) is 0 Å². The first-order valence-corrected chi connectivity index (χ1v) is 8.66. The minimum absolute atomic E-state index is 0.0689. The number of methoxy groups -OCH3 is 1. The largest absolute Gasteiger partial charge is 0.403 e. The molecule has 2 aliphatic rings. The summed E-state index contributed by atoms with van der Waals surface area (Å²) >= 11 is 0. The van der Waals surface area contributed by atoms with Gasteiger partial charge in [0.05, 0.1) is 19.3 Å². The third-order valence-corrected chi connectivity index (χ3v) is 5.22. The summed E-state index contributed by atoms with van der Waals surface area (Å²) in [5.41, 5.74) is -2.29. The Hall–Kier alpha value is -1.33. The van der Waals surface area contributed by atoms with Crippen LogP contribution < -0.4 is 16.3 Å². The zero-order valence-corrected chi connectivity index (χ0v) is 13.9. The minimum atomic E-state index is -4.07. The first-order valence-electron chi connectivity index (χ1n) is 7.08. The molecule has 2 fully saturated rings. The Morgan fingerprint density at radius 2 is 2.29 bits per heavy atom. The van der Waals surface area contributed by atoms with Crippen molar-refractivity contribution in [3.63, 3.8) is 0 Å². The van der Waals surface area contributed by atoms with Crippen molar-refractivity contribution in [1.29, 1.82) is 0 Å². The van der Waals surface area contributed by atoms with E-state index in [-0.39, 0.29) is 13.2 Å². The highest BCUT2D eigenvalue weighted by Crippen LogP contribution is 2.49. The Labute approximate surface area is 136 Å². The predicted octanol–water partition coefficient (Wildman–Crippen LogP) is -1.45. The molecule has 5 atom stereocenters. The Kier molecular flexibility index (Phi) is 4.51. The molecule has 0 aromatic carbocycles. The number of rotatable bonds is 6. The van der Waals surface area contributed by atoms with Crippen molar-refractivity contribution in [3.8, 4) is 0 Å². The number of nitrogens with zero attached hydrogens (tertiary/aromatic N) is 1. The van der Waals surface area contributed by atoms with E-state index in [9.17, 15) is 19.0 Å². The highest BCUT2D eigenvalue weighted by Gasteiger charge is 2.63. The van der Waals surface area contributed by atoms with Gasteiger partial charge in [0.2, 0.25) is 0 Å². The normalized spacial score (nSPS) is 34.4. The molecule has 0 spiro atoms. The maximum atomic E-state index is 12.0. The summed E-state index contributed by atoms with van der Waals surface area (Å²) in [7, 11) is -1.52. The Morgan fingerprint density at radius 1 is 1.54 bits per heavy atom. The monoisotopic (exact) mass is 363 g/mol. The number of hydrogen-bond donors (Lipinski definition) is 3. The maximum Gasteiger partial charge on any atom is 0.403 e. The van der Waals surface area contributed by atoms with Gasteiger partial charge in [-0.1, -0.05) is 0 Å². The molecule has 3 N–H and O–H groups in total. The summed E-state index contributed by atoms with van der Waals surface area (Å²) in [5, 5.41) is 2.49. The lowest BCUT2D eigenvalue weighted by atomic mass is 9.98. The van der Waals surface area contributed by atoms with Crippen LogP contribution in [-0.4, -0.2) is 59.6 Å². The third-order valence-electron chi connectivity index (χ3n) is 4.12. The molecule has 2 aliphatic heterocycles. The summed E-state index contributed by atoms with van der Waals surface area (Å²) in [4.78, 5) is 35.1. The highest BCUT2D eigenvalue weighted by molar-refractivity contribution is 7.50. The van der Waals surface area contributed by atoms with Crippen molar-refractivity contribution < 1.29 is 28.2 Å². The molecule has 2 bridgehead atoms. The molecular weight excluding hydrogens is 345 g/mol. The standard InChI is InChI=1S/C12H18N3O8P/c1-20-5-12-6-22-8(9(12)14-24(18,19)21-2)10(23-12)15-4-3-7(16)13-11(15)17/h3-4,8-10H,5-6H2,1-2H3,(H,13,16,17)(H2,14,18,19)/t8-,9-,10-,12+/m1/s1. The quantitative estimate of drug-likeness (QED) is 0.518. The number of H-pyrrole nitrogens is 1. The van der Waals surface area contributed by atoms with E-state index >= 15 is 0 Å². The second-order valence-electron chi connectivity index (χ2n) is 5.61. The zero-order chi connectivity index (χ0) is 17.5. The van der Waals surface area contributed by atoms with Gasteiger partial charge in [0, 0.05) is 26.5 Å². The van der Waals surface area contributed by atoms with Crippen LogP contribution in [0.1, 0.15) is 6.23 Å². The molecule has 2 saturated heterocycles. The van der Waals surface area contributed by atoms with Gasteiger partial charge in [-0.25, -0.2) is 14.4 Å². The third kappa shape index (κ3) is 2.88. The molecule has 24 heavy (non-hydrogen) atoms. The number of aromatic amines is 1. The molecular formula is C12H18N3O8P. The maximum absolute atomic E-state index is 12.0. The summed E-state index contributed by atoms with van der Waals surface area (Å²) in [6.07, 6.45) is -0.366. The van der Waals surface area contributed by atoms with Gasteiger partial charge < -0.3 is 23.6 Å². The molecule has 0 radical (unpaired) electrons. The Morgan fingerprint density at radius 3 is 2.92 bits per heavy atom. The van der Waals surface area contributed by atoms with Gasteiger partial charge in [-0.3, -0.25) is 14.3 Å². The fourth-order valence-electron chi connectivity index (χ4n) is 3.06. The molecule has 1 unspecified atom stereocenters. The van der Waals surface area contributed by atoms with E-state index in [2.05, 4.69) is 14.6 Å². The van der Waals surface area contributed by atoms with Crippen LogP contribution >= 0.6 is 7.75 Å². The van der Waals surface area contributed by atoms with E-state index in [1.54, 1.807) is 0 Å². The molecule has 3 rings (SSSR count). The predicted molar refractivity (Wildman–Crippen MR) is 79.5 cm³/mol. The Balaban J connectivity index is 1.97. The van der Waals surface area contributed by atoms with E-state index in [0.717, 1.165) is 11.7 Å². The van der Waals surface area contributed by atoms with Gasteiger partial charge in [-0.2, -0.15) is 0 Å². The van der Waals surface area contributed by atoms with E-state index < -0.39 is 43.0 Å². The molecule has 1 aromatic rings. The fourth-order valence-corrected chi connectivity index (χ4v) is 3.90. The van der Waals surface area contributed by atoms with Crippen LogP contribution in [0.5, 0.6) is 0 Å². The van der Waals surface area contributed by atoms with Gasteiger partial charge in [-0.15, -0.1) is 0 Å². The van der Waals surface area contributed by atoms with E-state index in [0.29, 0.717) is 0 Å². The van der Waals surface area contributed by atoms with Crippen LogP contribution in [-0.2, 0) is 23.3 Å². The topological polar surface area (TPSA) is 141 Å². The fraction of sp³-hybridized carbons (Fsp3) is 0.667. The number of hydrogen-bond acceptors (Lipinski definition) is 7. The van der Waals surface area contributed by atoms with Gasteiger partial charge in [0.1, 0.15) is 11.7 Å². The smallest absolute Gasteiger partial charge is 0.382 e. The number of ether oxygens (including phenoxy) is 3. The molecule has 11 nitrogen and oxygen atoms in total. The van der Waals surface area contributed by atoms with Gasteiger partial charge >= 0.3 is 13.4 Å². The average Bonchev–Trinajstić information content (AvgIpc) is 2.98. The minimum Gasteiger partial charge on any atom is -0.382 e. The van der Waals surface area contributed by atoms with E-state index in [1.807, 2.05) is 0 Å². The van der Waals surface area contributed by atoms with Crippen LogP contribution in [0.3, 0.4) is 0 Å². The van der Waals surface area contributed by atoms with E-state index in [4.69, 9.17) is 14.2 Å². The second-order valence-corrected chi connectivity index (χ2v) is 7.27. The van der Waals surface area contributed by atoms with Crippen molar-refractivity contribution in [3.05, 3.63) is 33.1 Å². The lowest BCUT2D eigenvalue weighted by Crippen LogP contribution is -2.50. The lowest BCUT2D eigenvalue weighted by molar-refractivity contribution is -0.188.